The van der Waals surface area contributed by atoms with Crippen LogP contribution in [0.1, 0.15) is 29.2 Å². The highest BCUT2D eigenvalue weighted by atomic mass is 16.3. The van der Waals surface area contributed by atoms with Gasteiger partial charge in [-0.2, -0.15) is 0 Å². The highest BCUT2D eigenvalue weighted by Gasteiger charge is 2.13. The quantitative estimate of drug-likeness (QED) is 0.646. The zero-order valence-corrected chi connectivity index (χ0v) is 11.2. The molecule has 0 saturated carbocycles. The van der Waals surface area contributed by atoms with E-state index in [1.54, 1.807) is 19.1 Å². The van der Waals surface area contributed by atoms with Gasteiger partial charge in [-0.25, -0.2) is 0 Å². The lowest BCUT2D eigenvalue weighted by atomic mass is 9.97. The maximum absolute atomic E-state index is 10.1. The van der Waals surface area contributed by atoms with Crippen molar-refractivity contribution >= 4 is 0 Å². The van der Waals surface area contributed by atoms with E-state index in [1.165, 1.54) is 24.3 Å². The minimum Gasteiger partial charge on any atom is -0.508 e. The highest BCUT2D eigenvalue weighted by molar-refractivity contribution is 5.46. The van der Waals surface area contributed by atoms with Gasteiger partial charge in [-0.15, -0.1) is 0 Å². The average molecular weight is 274 g/mol. The van der Waals surface area contributed by atoms with Crippen molar-refractivity contribution in [1.29, 1.82) is 0 Å². The van der Waals surface area contributed by atoms with Crippen molar-refractivity contribution in [2.45, 2.75) is 25.9 Å². The molecule has 0 aliphatic carbocycles. The smallest absolute Gasteiger partial charge is 0.119 e. The molecule has 0 bridgehead atoms. The van der Waals surface area contributed by atoms with Gasteiger partial charge in [-0.1, -0.05) is 12.1 Å². The van der Waals surface area contributed by atoms with Crippen LogP contribution in [0.15, 0.2) is 36.4 Å². The molecule has 0 unspecified atom stereocenters. The molecule has 0 spiro atoms. The molecule has 0 fully saturated rings. The van der Waals surface area contributed by atoms with Crippen LogP contribution in [0.25, 0.3) is 0 Å². The minimum absolute atomic E-state index is 0.123. The molecule has 4 N–H and O–H groups in total. The van der Waals surface area contributed by atoms with E-state index in [0.717, 1.165) is 0 Å². The summed E-state index contributed by atoms with van der Waals surface area (Å²) in [5.41, 5.74) is 1.98. The average Bonchev–Trinajstić information content (AvgIpc) is 2.43. The van der Waals surface area contributed by atoms with E-state index >= 15 is 0 Å². The number of benzene rings is 2. The van der Waals surface area contributed by atoms with Crippen molar-refractivity contribution < 1.29 is 20.4 Å². The van der Waals surface area contributed by atoms with E-state index < -0.39 is 6.10 Å². The minimum atomic E-state index is -0.684. The number of aliphatic hydroxyl groups excluding tert-OH is 1. The molecule has 2 rings (SSSR count). The summed E-state index contributed by atoms with van der Waals surface area (Å²) in [6, 6.07) is 9.27. The number of phenols is 3. The van der Waals surface area contributed by atoms with Crippen LogP contribution in [0.4, 0.5) is 0 Å². The summed E-state index contributed by atoms with van der Waals surface area (Å²) in [7, 11) is 0. The first-order valence-electron chi connectivity index (χ1n) is 6.46. The molecular formula is C16H18O4. The van der Waals surface area contributed by atoms with Crippen LogP contribution >= 0.6 is 0 Å². The van der Waals surface area contributed by atoms with Crippen LogP contribution in [0.2, 0.25) is 0 Å². The monoisotopic (exact) mass is 274 g/mol. The Morgan fingerprint density at radius 3 is 2.15 bits per heavy atom. The molecule has 20 heavy (non-hydrogen) atoms. The van der Waals surface area contributed by atoms with Gasteiger partial charge >= 0.3 is 0 Å². The molecule has 106 valence electrons. The molecule has 2 aromatic rings. The Bertz CT molecular complexity index is 590. The molecule has 0 radical (unpaired) electrons. The first-order chi connectivity index (χ1) is 9.49. The van der Waals surface area contributed by atoms with E-state index in [-0.39, 0.29) is 17.2 Å². The Kier molecular flexibility index (Phi) is 4.15. The summed E-state index contributed by atoms with van der Waals surface area (Å²) in [5.74, 6) is 0.414. The van der Waals surface area contributed by atoms with Gasteiger partial charge in [0.25, 0.3) is 0 Å². The first-order valence-corrected chi connectivity index (χ1v) is 6.46. The molecule has 0 aliphatic rings. The van der Waals surface area contributed by atoms with E-state index in [9.17, 15) is 20.4 Å². The van der Waals surface area contributed by atoms with E-state index in [4.69, 9.17) is 0 Å². The molecule has 0 aliphatic heterocycles. The number of aliphatic hydroxyl groups is 1. The van der Waals surface area contributed by atoms with E-state index in [2.05, 4.69) is 0 Å². The van der Waals surface area contributed by atoms with Gasteiger partial charge in [0.1, 0.15) is 17.2 Å². The van der Waals surface area contributed by atoms with Crippen LogP contribution in [-0.4, -0.2) is 20.4 Å². The number of rotatable bonds is 4. The number of hydrogen-bond acceptors (Lipinski definition) is 4. The van der Waals surface area contributed by atoms with Gasteiger partial charge in [0.2, 0.25) is 0 Å². The van der Waals surface area contributed by atoms with Crippen molar-refractivity contribution in [2.75, 3.05) is 0 Å². The Morgan fingerprint density at radius 1 is 0.900 bits per heavy atom. The fraction of sp³-hybridized carbons (Fsp3) is 0.250. The summed E-state index contributed by atoms with van der Waals surface area (Å²) in [6.07, 6.45) is 0.188. The standard InChI is InChI=1S/C16H18O4/c1-10-13(16(20)9-8-14(10)18)6-7-15(19)11-2-4-12(17)5-3-11/h2-5,8-9,15,17-20H,6-7H2,1H3/t15-/m0/s1. The van der Waals surface area contributed by atoms with Gasteiger partial charge < -0.3 is 20.4 Å². The van der Waals surface area contributed by atoms with E-state index in [1.807, 2.05) is 0 Å². The van der Waals surface area contributed by atoms with Gasteiger partial charge in [0.05, 0.1) is 6.10 Å². The molecule has 1 atom stereocenters. The van der Waals surface area contributed by atoms with Crippen molar-refractivity contribution in [1.82, 2.24) is 0 Å². The van der Waals surface area contributed by atoms with Gasteiger partial charge in [0.15, 0.2) is 0 Å². The fourth-order valence-corrected chi connectivity index (χ4v) is 2.19. The topological polar surface area (TPSA) is 80.9 Å². The summed E-state index contributed by atoms with van der Waals surface area (Å²) in [4.78, 5) is 0. The van der Waals surface area contributed by atoms with Crippen LogP contribution in [0, 0.1) is 6.92 Å². The summed E-state index contributed by atoms with van der Waals surface area (Å²) in [6.45, 7) is 1.73. The molecule has 0 heterocycles. The predicted molar refractivity (Wildman–Crippen MR) is 75.9 cm³/mol. The summed E-state index contributed by atoms with van der Waals surface area (Å²) >= 11 is 0. The molecule has 2 aromatic carbocycles. The first kappa shape index (κ1) is 14.2. The third kappa shape index (κ3) is 3.03. The zero-order valence-electron chi connectivity index (χ0n) is 11.2. The fourth-order valence-electron chi connectivity index (χ4n) is 2.19. The normalized spacial score (nSPS) is 12.3. The maximum atomic E-state index is 10.1. The number of hydrogen-bond donors (Lipinski definition) is 4. The molecule has 0 saturated heterocycles. The Balaban J connectivity index is 2.09. The summed E-state index contributed by atoms with van der Waals surface area (Å²) < 4.78 is 0. The Hall–Kier alpha value is -2.20. The van der Waals surface area contributed by atoms with E-state index in [0.29, 0.717) is 29.5 Å². The zero-order chi connectivity index (χ0) is 14.7. The lowest BCUT2D eigenvalue weighted by Gasteiger charge is -2.14. The lowest BCUT2D eigenvalue weighted by Crippen LogP contribution is -2.01. The van der Waals surface area contributed by atoms with Gasteiger partial charge in [0, 0.05) is 5.56 Å². The van der Waals surface area contributed by atoms with Crippen molar-refractivity contribution in [2.24, 2.45) is 0 Å². The maximum Gasteiger partial charge on any atom is 0.119 e. The summed E-state index contributed by atoms with van der Waals surface area (Å²) in [5, 5.41) is 38.8. The van der Waals surface area contributed by atoms with Crippen molar-refractivity contribution in [3.63, 3.8) is 0 Å². The second-order valence-electron chi connectivity index (χ2n) is 4.85. The molecule has 0 aromatic heterocycles. The lowest BCUT2D eigenvalue weighted by molar-refractivity contribution is 0.167. The largest absolute Gasteiger partial charge is 0.508 e. The third-order valence-electron chi connectivity index (χ3n) is 3.49. The molecule has 0 amide bonds. The number of phenolic OH excluding ortho intramolecular Hbond substituents is 3. The second-order valence-corrected chi connectivity index (χ2v) is 4.85. The molecule has 4 nitrogen and oxygen atoms in total. The SMILES string of the molecule is Cc1c(O)ccc(O)c1CC[C@H](O)c1ccc(O)cc1. The third-order valence-corrected chi connectivity index (χ3v) is 3.49. The van der Waals surface area contributed by atoms with Gasteiger partial charge in [-0.05, 0) is 55.2 Å². The van der Waals surface area contributed by atoms with Crippen LogP contribution in [0.3, 0.4) is 0 Å². The van der Waals surface area contributed by atoms with Crippen LogP contribution in [-0.2, 0) is 6.42 Å². The number of aromatic hydroxyl groups is 3. The molecule has 4 heteroatoms. The Labute approximate surface area is 117 Å². The van der Waals surface area contributed by atoms with Crippen LogP contribution < -0.4 is 0 Å². The second kappa shape index (κ2) is 5.84. The molecular weight excluding hydrogens is 256 g/mol. The van der Waals surface area contributed by atoms with Crippen LogP contribution in [0.5, 0.6) is 17.2 Å². The van der Waals surface area contributed by atoms with Crippen molar-refractivity contribution in [3.8, 4) is 17.2 Å². The van der Waals surface area contributed by atoms with Crippen molar-refractivity contribution in [3.05, 3.63) is 53.1 Å². The highest BCUT2D eigenvalue weighted by Crippen LogP contribution is 2.31. The van der Waals surface area contributed by atoms with Gasteiger partial charge in [-0.3, -0.25) is 0 Å². The Morgan fingerprint density at radius 2 is 1.50 bits per heavy atom. The predicted octanol–water partition coefficient (Wildman–Crippen LogP) is 2.78.